The molecule has 1 atom stereocenters. The van der Waals surface area contributed by atoms with E-state index >= 15 is 0 Å². The number of carboxylic acids is 1. The Morgan fingerprint density at radius 1 is 1.57 bits per heavy atom. The van der Waals surface area contributed by atoms with Crippen LogP contribution in [0.3, 0.4) is 0 Å². The van der Waals surface area contributed by atoms with Crippen LogP contribution in [0.1, 0.15) is 23.5 Å². The number of carboxylic acid groups (broad SMARTS) is 1. The minimum absolute atomic E-state index is 0.00111. The van der Waals surface area contributed by atoms with Gasteiger partial charge in [0.2, 0.25) is 0 Å². The number of carbonyl (C=O) groups is 2. The molecule has 8 nitrogen and oxygen atoms in total. The number of urea groups is 1. The van der Waals surface area contributed by atoms with Crippen molar-refractivity contribution < 1.29 is 14.7 Å². The molecule has 0 bridgehead atoms. The molecule has 1 saturated heterocycles. The average Bonchev–Trinajstić information content (AvgIpc) is 2.85. The first-order valence-electron chi connectivity index (χ1n) is 6.59. The summed E-state index contributed by atoms with van der Waals surface area (Å²) in [4.78, 5) is 26.4. The summed E-state index contributed by atoms with van der Waals surface area (Å²) in [6.07, 6.45) is 3.41. The topological polar surface area (TPSA) is 91.6 Å². The molecule has 1 aromatic rings. The van der Waals surface area contributed by atoms with Crippen LogP contribution in [-0.4, -0.2) is 80.1 Å². The van der Waals surface area contributed by atoms with Gasteiger partial charge in [0, 0.05) is 31.9 Å². The first-order valence-corrected chi connectivity index (χ1v) is 7.99. The van der Waals surface area contributed by atoms with Crippen molar-refractivity contribution >= 4 is 23.8 Å². The Bertz CT molecular complexity index is 529. The third kappa shape index (κ3) is 3.29. The molecule has 0 radical (unpaired) electrons. The lowest BCUT2D eigenvalue weighted by Gasteiger charge is -2.41. The van der Waals surface area contributed by atoms with E-state index < -0.39 is 5.97 Å². The molecule has 1 N–H and O–H groups in total. The Labute approximate surface area is 127 Å². The number of hydrogen-bond acceptors (Lipinski definition) is 5. The average molecular weight is 313 g/mol. The number of carbonyl (C=O) groups excluding carboxylic acids is 1. The molecular formula is C12H19N5O3S. The Morgan fingerprint density at radius 2 is 2.24 bits per heavy atom. The van der Waals surface area contributed by atoms with E-state index in [-0.39, 0.29) is 23.8 Å². The van der Waals surface area contributed by atoms with Crippen molar-refractivity contribution in [2.75, 3.05) is 32.1 Å². The lowest BCUT2D eigenvalue weighted by molar-refractivity contribution is 0.0689. The number of aromatic nitrogens is 3. The van der Waals surface area contributed by atoms with Crippen LogP contribution in [0, 0.1) is 0 Å². The van der Waals surface area contributed by atoms with Crippen LogP contribution in [-0.2, 0) is 0 Å². The Kier molecular flexibility index (Phi) is 4.71. The second kappa shape index (κ2) is 6.33. The zero-order valence-corrected chi connectivity index (χ0v) is 13.1. The molecule has 1 fully saturated rings. The van der Waals surface area contributed by atoms with Gasteiger partial charge in [-0.25, -0.2) is 14.3 Å². The van der Waals surface area contributed by atoms with Gasteiger partial charge in [0.05, 0.1) is 12.2 Å². The highest BCUT2D eigenvalue weighted by Crippen LogP contribution is 2.22. The van der Waals surface area contributed by atoms with E-state index in [4.69, 9.17) is 5.11 Å². The minimum Gasteiger partial charge on any atom is -0.476 e. The summed E-state index contributed by atoms with van der Waals surface area (Å²) in [6, 6.07) is 0.168. The fourth-order valence-corrected chi connectivity index (χ4v) is 2.80. The summed E-state index contributed by atoms with van der Waals surface area (Å²) in [5.41, 5.74) is -0.0783. The van der Waals surface area contributed by atoms with Crippen molar-refractivity contribution in [3.05, 3.63) is 11.9 Å². The van der Waals surface area contributed by atoms with Crippen molar-refractivity contribution in [2.45, 2.75) is 19.0 Å². The zero-order chi connectivity index (χ0) is 15.6. The second-order valence-corrected chi connectivity index (χ2v) is 6.06. The lowest BCUT2D eigenvalue weighted by Crippen LogP contribution is -2.56. The molecule has 1 unspecified atom stereocenters. The van der Waals surface area contributed by atoms with Gasteiger partial charge in [0.25, 0.3) is 0 Å². The molecule has 9 heteroatoms. The Hall–Kier alpha value is -1.77. The summed E-state index contributed by atoms with van der Waals surface area (Å²) >= 11 is 1.71. The molecule has 1 aliphatic rings. The van der Waals surface area contributed by atoms with Gasteiger partial charge in [-0.1, -0.05) is 5.21 Å². The largest absolute Gasteiger partial charge is 0.476 e. The maximum absolute atomic E-state index is 12.2. The molecule has 2 heterocycles. The summed E-state index contributed by atoms with van der Waals surface area (Å²) < 4.78 is 1.51. The number of hydrogen-bond donors (Lipinski definition) is 1. The molecule has 21 heavy (non-hydrogen) atoms. The van der Waals surface area contributed by atoms with Crippen LogP contribution in [0.25, 0.3) is 0 Å². The molecule has 1 aromatic heterocycles. The van der Waals surface area contributed by atoms with Crippen molar-refractivity contribution in [3.63, 3.8) is 0 Å². The molecular weight excluding hydrogens is 294 g/mol. The van der Waals surface area contributed by atoms with E-state index in [1.54, 1.807) is 28.6 Å². The third-order valence-electron chi connectivity index (χ3n) is 3.61. The number of aromatic carboxylic acids is 1. The van der Waals surface area contributed by atoms with Crippen LogP contribution in [0.5, 0.6) is 0 Å². The van der Waals surface area contributed by atoms with E-state index in [2.05, 4.69) is 10.3 Å². The van der Waals surface area contributed by atoms with E-state index in [1.165, 1.54) is 10.9 Å². The SMILES string of the molecule is CSCC(C)N(C)C(=O)N1CC(n2cc(C(=O)O)nn2)C1. The normalized spacial score (nSPS) is 16.4. The quantitative estimate of drug-likeness (QED) is 0.857. The van der Waals surface area contributed by atoms with Gasteiger partial charge in [-0.15, -0.1) is 5.10 Å². The minimum atomic E-state index is -1.10. The number of nitrogens with zero attached hydrogens (tertiary/aromatic N) is 5. The Morgan fingerprint density at radius 3 is 2.76 bits per heavy atom. The van der Waals surface area contributed by atoms with Gasteiger partial charge in [0.15, 0.2) is 5.69 Å². The summed E-state index contributed by atoms with van der Waals surface area (Å²) in [5.74, 6) is -0.205. The molecule has 0 saturated carbocycles. The molecule has 2 rings (SSSR count). The van der Waals surface area contributed by atoms with E-state index in [1.807, 2.05) is 13.2 Å². The van der Waals surface area contributed by atoms with Crippen LogP contribution in [0.4, 0.5) is 4.79 Å². The highest BCUT2D eigenvalue weighted by molar-refractivity contribution is 7.98. The van der Waals surface area contributed by atoms with Crippen molar-refractivity contribution in [1.29, 1.82) is 0 Å². The molecule has 116 valence electrons. The standard InChI is InChI=1S/C12H19N5O3S/c1-8(7-21-3)15(2)12(20)16-4-9(5-16)17-6-10(11(18)19)13-14-17/h6,8-9H,4-5,7H2,1-3H3,(H,18,19). The highest BCUT2D eigenvalue weighted by atomic mass is 32.2. The van der Waals surface area contributed by atoms with Gasteiger partial charge in [-0.05, 0) is 13.2 Å². The Balaban J connectivity index is 1.88. The molecule has 1 aliphatic heterocycles. The van der Waals surface area contributed by atoms with Gasteiger partial charge in [-0.3, -0.25) is 0 Å². The first-order chi connectivity index (χ1) is 9.93. The number of likely N-dealkylation sites (tertiary alicyclic amines) is 1. The van der Waals surface area contributed by atoms with Gasteiger partial charge < -0.3 is 14.9 Å². The maximum Gasteiger partial charge on any atom is 0.358 e. The van der Waals surface area contributed by atoms with Gasteiger partial charge >= 0.3 is 12.0 Å². The van der Waals surface area contributed by atoms with Crippen LogP contribution in [0.2, 0.25) is 0 Å². The van der Waals surface area contributed by atoms with Crippen molar-refractivity contribution in [3.8, 4) is 0 Å². The van der Waals surface area contributed by atoms with E-state index in [0.29, 0.717) is 13.1 Å². The van der Waals surface area contributed by atoms with Crippen LogP contribution >= 0.6 is 11.8 Å². The summed E-state index contributed by atoms with van der Waals surface area (Å²) in [7, 11) is 1.80. The number of thioether (sulfide) groups is 1. The smallest absolute Gasteiger partial charge is 0.358 e. The van der Waals surface area contributed by atoms with Crippen molar-refractivity contribution in [1.82, 2.24) is 24.8 Å². The summed E-state index contributed by atoms with van der Waals surface area (Å²) in [5, 5.41) is 16.2. The molecule has 0 aromatic carbocycles. The van der Waals surface area contributed by atoms with E-state index in [0.717, 1.165) is 5.75 Å². The number of amides is 2. The summed E-state index contributed by atoms with van der Waals surface area (Å²) in [6.45, 7) is 3.07. The molecule has 0 aliphatic carbocycles. The fraction of sp³-hybridized carbons (Fsp3) is 0.667. The van der Waals surface area contributed by atoms with Gasteiger partial charge in [-0.2, -0.15) is 11.8 Å². The monoisotopic (exact) mass is 313 g/mol. The second-order valence-electron chi connectivity index (χ2n) is 5.15. The zero-order valence-electron chi connectivity index (χ0n) is 12.3. The maximum atomic E-state index is 12.2. The third-order valence-corrected chi connectivity index (χ3v) is 4.42. The lowest BCUT2D eigenvalue weighted by atomic mass is 10.1. The fourth-order valence-electron chi connectivity index (χ4n) is 2.10. The predicted molar refractivity (Wildman–Crippen MR) is 78.6 cm³/mol. The van der Waals surface area contributed by atoms with E-state index in [9.17, 15) is 9.59 Å². The van der Waals surface area contributed by atoms with Gasteiger partial charge in [0.1, 0.15) is 0 Å². The highest BCUT2D eigenvalue weighted by Gasteiger charge is 2.35. The molecule has 2 amide bonds. The number of rotatable bonds is 5. The predicted octanol–water partition coefficient (Wildman–Crippen LogP) is 0.636. The first kappa shape index (κ1) is 15.6. The van der Waals surface area contributed by atoms with Crippen LogP contribution < -0.4 is 0 Å². The van der Waals surface area contributed by atoms with Crippen molar-refractivity contribution in [2.24, 2.45) is 0 Å². The van der Waals surface area contributed by atoms with Crippen LogP contribution in [0.15, 0.2) is 6.20 Å². The molecule has 0 spiro atoms.